The number of rotatable bonds is 7. The van der Waals surface area contributed by atoms with E-state index in [0.29, 0.717) is 11.7 Å². The fourth-order valence-electron chi connectivity index (χ4n) is 3.23. The zero-order chi connectivity index (χ0) is 19.4. The number of carbonyl (C=O) groups excluding carboxylic acids is 2. The zero-order valence-corrected chi connectivity index (χ0v) is 16.9. The Balaban J connectivity index is 1.81. The van der Waals surface area contributed by atoms with Gasteiger partial charge in [-0.25, -0.2) is 4.79 Å². The summed E-state index contributed by atoms with van der Waals surface area (Å²) in [6.45, 7) is 6.60. The number of carbonyl (C=O) groups is 2. The molecule has 0 unspecified atom stereocenters. The number of allylic oxidation sites excluding steroid dienone is 1. The van der Waals surface area contributed by atoms with Crippen LogP contribution in [-0.2, 0) is 24.2 Å². The Hall–Kier alpha value is -2.13. The number of nitrogens with one attached hydrogen (secondary N) is 1. The van der Waals surface area contributed by atoms with E-state index in [9.17, 15) is 9.59 Å². The minimum absolute atomic E-state index is 0.0390. The van der Waals surface area contributed by atoms with Crippen molar-refractivity contribution in [2.75, 3.05) is 5.75 Å². The van der Waals surface area contributed by atoms with Crippen molar-refractivity contribution in [3.05, 3.63) is 29.2 Å². The molecule has 0 spiro atoms. The number of aryl methyl sites for hydroxylation is 1. The number of fused-ring (bicyclic) bond motifs is 1. The number of nitrogens with zero attached hydrogens (tertiary/aromatic N) is 3. The summed E-state index contributed by atoms with van der Waals surface area (Å²) in [7, 11) is 0. The van der Waals surface area contributed by atoms with E-state index in [0.717, 1.165) is 29.5 Å². The molecule has 144 valence electrons. The first-order valence-electron chi connectivity index (χ1n) is 8.89. The molecule has 0 radical (unpaired) electrons. The van der Waals surface area contributed by atoms with Crippen molar-refractivity contribution >= 4 is 35.0 Å². The Labute approximate surface area is 166 Å². The molecule has 0 saturated heterocycles. The van der Waals surface area contributed by atoms with Gasteiger partial charge >= 0.3 is 6.03 Å². The van der Waals surface area contributed by atoms with Gasteiger partial charge < -0.3 is 5.73 Å². The van der Waals surface area contributed by atoms with Gasteiger partial charge in [0.15, 0.2) is 11.0 Å². The first kappa shape index (κ1) is 19.6. The predicted molar refractivity (Wildman–Crippen MR) is 108 cm³/mol. The summed E-state index contributed by atoms with van der Waals surface area (Å²) in [5.74, 6) is 1.14. The third kappa shape index (κ3) is 4.59. The van der Waals surface area contributed by atoms with Crippen LogP contribution in [0.15, 0.2) is 23.9 Å². The molecule has 3 amide bonds. The second-order valence-corrected chi connectivity index (χ2v) is 8.56. The van der Waals surface area contributed by atoms with Gasteiger partial charge in [0, 0.05) is 11.4 Å². The Kier molecular flexibility index (Phi) is 6.33. The molecule has 3 N–H and O–H groups in total. The average Bonchev–Trinajstić information content (AvgIpc) is 3.22. The monoisotopic (exact) mass is 405 g/mol. The lowest BCUT2D eigenvalue weighted by molar-refractivity contribution is -0.117. The van der Waals surface area contributed by atoms with Crippen LogP contribution in [0.3, 0.4) is 0 Å². The van der Waals surface area contributed by atoms with Crippen LogP contribution < -0.4 is 11.1 Å². The van der Waals surface area contributed by atoms with E-state index in [-0.39, 0.29) is 5.75 Å². The summed E-state index contributed by atoms with van der Waals surface area (Å²) in [4.78, 5) is 25.0. The number of amides is 3. The lowest BCUT2D eigenvalue weighted by Gasteiger charge is -2.19. The van der Waals surface area contributed by atoms with E-state index >= 15 is 0 Å². The molecule has 2 aromatic rings. The number of hydrogen-bond donors (Lipinski definition) is 2. The van der Waals surface area contributed by atoms with Gasteiger partial charge in [-0.2, -0.15) is 0 Å². The maximum atomic E-state index is 11.7. The molecule has 0 bridgehead atoms. The third-order valence-electron chi connectivity index (χ3n) is 4.61. The summed E-state index contributed by atoms with van der Waals surface area (Å²) in [5.41, 5.74) is 6.39. The van der Waals surface area contributed by atoms with E-state index in [2.05, 4.69) is 29.8 Å². The summed E-state index contributed by atoms with van der Waals surface area (Å²) in [6, 6.07) is 1.38. The molecule has 2 heterocycles. The molecule has 0 aliphatic heterocycles. The third-order valence-corrected chi connectivity index (χ3v) is 6.81. The fourth-order valence-corrected chi connectivity index (χ4v) is 5.18. The number of nitrogens with two attached hydrogens (primary N) is 1. The molecule has 2 aromatic heterocycles. The van der Waals surface area contributed by atoms with Gasteiger partial charge in [-0.3, -0.25) is 14.7 Å². The van der Waals surface area contributed by atoms with Crippen LogP contribution in [0.1, 0.15) is 30.2 Å². The van der Waals surface area contributed by atoms with Crippen molar-refractivity contribution in [3.8, 4) is 10.7 Å². The fraction of sp³-hybridized carbons (Fsp3) is 0.444. The molecule has 27 heavy (non-hydrogen) atoms. The van der Waals surface area contributed by atoms with Crippen molar-refractivity contribution in [3.63, 3.8) is 0 Å². The summed E-state index contributed by atoms with van der Waals surface area (Å²) in [6.07, 6.45) is 6.50. The highest BCUT2D eigenvalue weighted by Gasteiger charge is 2.23. The predicted octanol–water partition coefficient (Wildman–Crippen LogP) is 2.99. The van der Waals surface area contributed by atoms with Gasteiger partial charge in [0.25, 0.3) is 0 Å². The standard InChI is InChI=1S/C18H23N5O2S2/c1-3-7-23-16(21-22-18(23)26-10-15(24)20-17(19)25)14-9-12-8-11(4-2)5-6-13(12)27-14/h3,9,11H,1,4-8,10H2,2H3,(H3,19,20,24,25)/t11-/m1/s1. The van der Waals surface area contributed by atoms with Crippen LogP contribution in [-0.4, -0.2) is 32.5 Å². The maximum Gasteiger partial charge on any atom is 0.318 e. The molecule has 9 heteroatoms. The molecule has 1 aliphatic rings. The lowest BCUT2D eigenvalue weighted by atomic mass is 9.87. The van der Waals surface area contributed by atoms with Crippen LogP contribution in [0.4, 0.5) is 4.79 Å². The number of thioether (sulfide) groups is 1. The van der Waals surface area contributed by atoms with Crippen molar-refractivity contribution in [1.29, 1.82) is 0 Å². The lowest BCUT2D eigenvalue weighted by Crippen LogP contribution is -2.36. The molecule has 1 atom stereocenters. The van der Waals surface area contributed by atoms with Crippen molar-refractivity contribution in [2.24, 2.45) is 11.7 Å². The molecular formula is C18H23N5O2S2. The highest BCUT2D eigenvalue weighted by Crippen LogP contribution is 2.38. The average molecular weight is 406 g/mol. The van der Waals surface area contributed by atoms with Crippen LogP contribution in [0.2, 0.25) is 0 Å². The van der Waals surface area contributed by atoms with Crippen LogP contribution in [0.5, 0.6) is 0 Å². The number of hydrogen-bond acceptors (Lipinski definition) is 6. The smallest absolute Gasteiger partial charge is 0.318 e. The van der Waals surface area contributed by atoms with Crippen LogP contribution in [0, 0.1) is 5.92 Å². The minimum atomic E-state index is -0.858. The second kappa shape index (κ2) is 8.71. The largest absolute Gasteiger partial charge is 0.351 e. The number of thiophene rings is 1. The highest BCUT2D eigenvalue weighted by molar-refractivity contribution is 7.99. The normalized spacial score (nSPS) is 16.0. The number of imide groups is 1. The molecule has 0 saturated carbocycles. The summed E-state index contributed by atoms with van der Waals surface area (Å²) < 4.78 is 1.95. The quantitative estimate of drug-likeness (QED) is 0.544. The van der Waals surface area contributed by atoms with Gasteiger partial charge in [-0.1, -0.05) is 31.2 Å². The SMILES string of the molecule is C=CCn1c(SCC(=O)NC(N)=O)nnc1-c1cc2c(s1)CC[C@@H](CC)C2. The topological polar surface area (TPSA) is 103 Å². The number of primary amides is 1. The van der Waals surface area contributed by atoms with E-state index in [1.54, 1.807) is 17.4 Å². The van der Waals surface area contributed by atoms with Gasteiger partial charge in [-0.05, 0) is 36.8 Å². The first-order valence-corrected chi connectivity index (χ1v) is 10.7. The van der Waals surface area contributed by atoms with Gasteiger partial charge in [0.2, 0.25) is 5.91 Å². The zero-order valence-electron chi connectivity index (χ0n) is 15.2. The summed E-state index contributed by atoms with van der Waals surface area (Å²) in [5, 5.41) is 11.3. The van der Waals surface area contributed by atoms with E-state index in [1.165, 1.54) is 35.0 Å². The molecule has 3 rings (SSSR count). The molecular weight excluding hydrogens is 382 g/mol. The van der Waals surface area contributed by atoms with Gasteiger partial charge in [0.05, 0.1) is 10.6 Å². The van der Waals surface area contributed by atoms with E-state index in [4.69, 9.17) is 5.73 Å². The minimum Gasteiger partial charge on any atom is -0.351 e. The molecule has 0 aromatic carbocycles. The van der Waals surface area contributed by atoms with Gasteiger partial charge in [-0.15, -0.1) is 28.1 Å². The van der Waals surface area contributed by atoms with E-state index < -0.39 is 11.9 Å². The van der Waals surface area contributed by atoms with Gasteiger partial charge in [0.1, 0.15) is 0 Å². The van der Waals surface area contributed by atoms with Crippen LogP contribution >= 0.6 is 23.1 Å². The Morgan fingerprint density at radius 1 is 1.52 bits per heavy atom. The van der Waals surface area contributed by atoms with Crippen molar-refractivity contribution < 1.29 is 9.59 Å². The van der Waals surface area contributed by atoms with Crippen molar-refractivity contribution in [2.45, 2.75) is 44.3 Å². The Morgan fingerprint density at radius 3 is 3.04 bits per heavy atom. The first-order chi connectivity index (χ1) is 13.0. The molecule has 0 fully saturated rings. The number of aromatic nitrogens is 3. The van der Waals surface area contributed by atoms with E-state index in [1.807, 2.05) is 9.88 Å². The van der Waals surface area contributed by atoms with Crippen LogP contribution in [0.25, 0.3) is 10.7 Å². The summed E-state index contributed by atoms with van der Waals surface area (Å²) >= 11 is 3.00. The molecule has 7 nitrogen and oxygen atoms in total. The Bertz CT molecular complexity index is 858. The van der Waals surface area contributed by atoms with Crippen molar-refractivity contribution in [1.82, 2.24) is 20.1 Å². The Morgan fingerprint density at radius 2 is 2.33 bits per heavy atom. The maximum absolute atomic E-state index is 11.7. The number of urea groups is 1. The molecule has 1 aliphatic carbocycles. The highest BCUT2D eigenvalue weighted by atomic mass is 32.2. The second-order valence-electron chi connectivity index (χ2n) is 6.48.